The van der Waals surface area contributed by atoms with Crippen LogP contribution in [0.4, 0.5) is 5.69 Å². The number of aryl methyl sites for hydroxylation is 1. The topological polar surface area (TPSA) is 86.8 Å². The molecule has 0 bridgehead atoms. The van der Waals surface area contributed by atoms with Crippen molar-refractivity contribution in [2.24, 2.45) is 0 Å². The number of rotatable bonds is 10. The molecule has 0 saturated carbocycles. The molecule has 2 amide bonds. The highest BCUT2D eigenvalue weighted by Crippen LogP contribution is 2.25. The van der Waals surface area contributed by atoms with Gasteiger partial charge < -0.3 is 10.2 Å². The van der Waals surface area contributed by atoms with E-state index in [9.17, 15) is 18.0 Å². The molecule has 3 aromatic rings. The number of hydrogen-bond acceptors (Lipinski definition) is 4. The van der Waals surface area contributed by atoms with E-state index in [0.29, 0.717) is 10.7 Å². The number of para-hydroxylation sites is 1. The third-order valence-corrected chi connectivity index (χ3v) is 7.96. The first-order valence-corrected chi connectivity index (χ1v) is 13.8. The summed E-state index contributed by atoms with van der Waals surface area (Å²) < 4.78 is 28.5. The Bertz CT molecular complexity index is 1330. The van der Waals surface area contributed by atoms with E-state index in [1.165, 1.54) is 29.2 Å². The minimum absolute atomic E-state index is 0.00426. The molecule has 0 aliphatic rings. The highest BCUT2D eigenvalue weighted by Gasteiger charge is 2.32. The molecule has 9 heteroatoms. The van der Waals surface area contributed by atoms with Gasteiger partial charge in [-0.3, -0.25) is 13.9 Å². The molecular weight excluding hydrogens is 510 g/mol. The van der Waals surface area contributed by atoms with Gasteiger partial charge in [0.05, 0.1) is 10.6 Å². The Morgan fingerprint density at radius 3 is 2.08 bits per heavy atom. The average molecular weight is 542 g/mol. The van der Waals surface area contributed by atoms with Crippen LogP contribution in [-0.4, -0.2) is 43.8 Å². The van der Waals surface area contributed by atoms with Gasteiger partial charge in [0.2, 0.25) is 11.8 Å². The van der Waals surface area contributed by atoms with Gasteiger partial charge in [-0.15, -0.1) is 0 Å². The second-order valence-corrected chi connectivity index (χ2v) is 11.4. The highest BCUT2D eigenvalue weighted by atomic mass is 35.5. The molecule has 0 unspecified atom stereocenters. The van der Waals surface area contributed by atoms with Crippen LogP contribution < -0.4 is 9.62 Å². The number of sulfonamides is 1. The van der Waals surface area contributed by atoms with Crippen molar-refractivity contribution in [2.45, 2.75) is 51.2 Å². The number of amides is 2. The summed E-state index contributed by atoms with van der Waals surface area (Å²) in [5.41, 5.74) is 2.17. The maximum atomic E-state index is 13.8. The molecule has 7 nitrogen and oxygen atoms in total. The molecule has 0 aliphatic carbocycles. The zero-order valence-corrected chi connectivity index (χ0v) is 23.0. The Morgan fingerprint density at radius 2 is 1.49 bits per heavy atom. The summed E-state index contributed by atoms with van der Waals surface area (Å²) in [6.45, 7) is 6.93. The number of carbonyl (C=O) groups is 2. The van der Waals surface area contributed by atoms with Crippen molar-refractivity contribution in [1.29, 1.82) is 0 Å². The van der Waals surface area contributed by atoms with Crippen LogP contribution in [0.3, 0.4) is 0 Å². The fourth-order valence-corrected chi connectivity index (χ4v) is 5.36. The van der Waals surface area contributed by atoms with Crippen LogP contribution in [-0.2, 0) is 26.2 Å². The Balaban J connectivity index is 2.01. The quantitative estimate of drug-likeness (QED) is 0.400. The Hall–Kier alpha value is -3.36. The fourth-order valence-electron chi connectivity index (χ4n) is 3.82. The lowest BCUT2D eigenvalue weighted by atomic mass is 10.1. The van der Waals surface area contributed by atoms with Gasteiger partial charge in [-0.05, 0) is 75.2 Å². The van der Waals surface area contributed by atoms with Crippen LogP contribution in [0.25, 0.3) is 0 Å². The molecule has 0 spiro atoms. The van der Waals surface area contributed by atoms with Crippen molar-refractivity contribution in [3.05, 3.63) is 95.0 Å². The lowest BCUT2D eigenvalue weighted by Crippen LogP contribution is -2.52. The summed E-state index contributed by atoms with van der Waals surface area (Å²) in [5.74, 6) is -0.820. The van der Waals surface area contributed by atoms with Gasteiger partial charge in [-0.2, -0.15) is 0 Å². The molecule has 37 heavy (non-hydrogen) atoms. The van der Waals surface area contributed by atoms with Crippen molar-refractivity contribution in [2.75, 3.05) is 10.8 Å². The molecule has 3 rings (SSSR count). The lowest BCUT2D eigenvalue weighted by molar-refractivity contribution is -0.139. The second-order valence-electron chi connectivity index (χ2n) is 9.09. The first-order chi connectivity index (χ1) is 17.5. The van der Waals surface area contributed by atoms with Crippen LogP contribution in [0.1, 0.15) is 31.9 Å². The van der Waals surface area contributed by atoms with Crippen molar-refractivity contribution in [3.8, 4) is 0 Å². The highest BCUT2D eigenvalue weighted by molar-refractivity contribution is 7.92. The number of halogens is 1. The smallest absolute Gasteiger partial charge is 0.264 e. The normalized spacial score (nSPS) is 12.2. The van der Waals surface area contributed by atoms with E-state index in [1.807, 2.05) is 45.0 Å². The standard InChI is InChI=1S/C28H32ClN3O4S/c1-20(2)30-28(34)22(4)31(18-23-11-9-8-10-21(23)3)27(33)19-32(25-12-6-5-7-13-25)37(35,36)26-16-14-24(29)15-17-26/h5-17,20,22H,18-19H2,1-4H3,(H,30,34)/t22-/m1/s1. The van der Waals surface area contributed by atoms with Gasteiger partial charge in [0.25, 0.3) is 10.0 Å². The number of hydrogen-bond donors (Lipinski definition) is 1. The maximum absolute atomic E-state index is 13.8. The molecule has 1 atom stereocenters. The third-order valence-electron chi connectivity index (χ3n) is 5.92. The Morgan fingerprint density at radius 1 is 0.892 bits per heavy atom. The van der Waals surface area contributed by atoms with Crippen molar-refractivity contribution in [1.82, 2.24) is 10.2 Å². The number of anilines is 1. The molecule has 0 aromatic heterocycles. The van der Waals surface area contributed by atoms with Gasteiger partial charge in [-0.25, -0.2) is 8.42 Å². The van der Waals surface area contributed by atoms with Crippen molar-refractivity contribution >= 4 is 39.1 Å². The largest absolute Gasteiger partial charge is 0.352 e. The van der Waals surface area contributed by atoms with Gasteiger partial charge in [0, 0.05) is 17.6 Å². The molecule has 0 saturated heterocycles. The first-order valence-electron chi connectivity index (χ1n) is 12.0. The molecule has 0 heterocycles. The van der Waals surface area contributed by atoms with Crippen LogP contribution in [0.15, 0.2) is 83.8 Å². The number of nitrogens with zero attached hydrogens (tertiary/aromatic N) is 2. The SMILES string of the molecule is Cc1ccccc1CN(C(=O)CN(c1ccccc1)S(=O)(=O)c1ccc(Cl)cc1)[C@H](C)C(=O)NC(C)C. The minimum atomic E-state index is -4.12. The van der Waals surface area contributed by atoms with E-state index >= 15 is 0 Å². The molecule has 1 N–H and O–H groups in total. The molecule has 0 aliphatic heterocycles. The Labute approximate surface area is 224 Å². The fraction of sp³-hybridized carbons (Fsp3) is 0.286. The summed E-state index contributed by atoms with van der Waals surface area (Å²) >= 11 is 5.97. The maximum Gasteiger partial charge on any atom is 0.264 e. The second kappa shape index (κ2) is 12.3. The summed E-state index contributed by atoms with van der Waals surface area (Å²) in [4.78, 5) is 28.2. The zero-order valence-electron chi connectivity index (χ0n) is 21.4. The third kappa shape index (κ3) is 7.11. The van der Waals surface area contributed by atoms with Gasteiger partial charge in [0.15, 0.2) is 0 Å². The van der Waals surface area contributed by atoms with E-state index in [1.54, 1.807) is 37.3 Å². The van der Waals surface area contributed by atoms with E-state index in [0.717, 1.165) is 15.4 Å². The van der Waals surface area contributed by atoms with Gasteiger partial charge in [0.1, 0.15) is 12.6 Å². The molecule has 196 valence electrons. The van der Waals surface area contributed by atoms with Crippen LogP contribution in [0.5, 0.6) is 0 Å². The monoisotopic (exact) mass is 541 g/mol. The minimum Gasteiger partial charge on any atom is -0.352 e. The molecule has 0 fully saturated rings. The van der Waals surface area contributed by atoms with E-state index < -0.39 is 28.5 Å². The predicted octanol–water partition coefficient (Wildman–Crippen LogP) is 4.79. The van der Waals surface area contributed by atoms with E-state index in [2.05, 4.69) is 5.32 Å². The zero-order chi connectivity index (χ0) is 27.2. The molecule has 3 aromatic carbocycles. The van der Waals surface area contributed by atoms with Crippen LogP contribution in [0.2, 0.25) is 5.02 Å². The van der Waals surface area contributed by atoms with Crippen LogP contribution in [0, 0.1) is 6.92 Å². The lowest BCUT2D eigenvalue weighted by Gasteiger charge is -2.32. The number of nitrogens with one attached hydrogen (secondary N) is 1. The van der Waals surface area contributed by atoms with Crippen molar-refractivity contribution in [3.63, 3.8) is 0 Å². The Kier molecular flexibility index (Phi) is 9.34. The van der Waals surface area contributed by atoms with Crippen LogP contribution >= 0.6 is 11.6 Å². The average Bonchev–Trinajstić information content (AvgIpc) is 2.86. The van der Waals surface area contributed by atoms with Crippen molar-refractivity contribution < 1.29 is 18.0 Å². The summed E-state index contributed by atoms with van der Waals surface area (Å²) in [5, 5.41) is 3.25. The summed E-state index contributed by atoms with van der Waals surface area (Å²) in [7, 11) is -4.12. The predicted molar refractivity (Wildman–Crippen MR) is 147 cm³/mol. The van der Waals surface area contributed by atoms with Gasteiger partial charge >= 0.3 is 0 Å². The summed E-state index contributed by atoms with van der Waals surface area (Å²) in [6.07, 6.45) is 0. The first kappa shape index (κ1) is 28.2. The number of carbonyl (C=O) groups excluding carboxylic acids is 2. The van der Waals surface area contributed by atoms with E-state index in [-0.39, 0.29) is 23.4 Å². The summed E-state index contributed by atoms with van der Waals surface area (Å²) in [6, 6.07) is 20.9. The van der Waals surface area contributed by atoms with E-state index in [4.69, 9.17) is 11.6 Å². The van der Waals surface area contributed by atoms with Gasteiger partial charge in [-0.1, -0.05) is 54.1 Å². The molecular formula is C28H32ClN3O4S. The molecule has 0 radical (unpaired) electrons. The number of benzene rings is 3.